The zero-order valence-corrected chi connectivity index (χ0v) is 8.79. The molecule has 1 heterocycles. The standard InChI is InChI=1S/C10H11NO3S/c11-5-4-7-6-8-9(12)2-1-3-10(8)15(7,13)14/h1-3,6,12H,4-5,11H2. The molecule has 0 unspecified atom stereocenters. The summed E-state index contributed by atoms with van der Waals surface area (Å²) < 4.78 is 23.8. The second kappa shape index (κ2) is 3.36. The van der Waals surface area contributed by atoms with Crippen LogP contribution in [0.1, 0.15) is 12.0 Å². The lowest BCUT2D eigenvalue weighted by atomic mass is 10.2. The number of fused-ring (bicyclic) bond motifs is 1. The van der Waals surface area contributed by atoms with Crippen LogP contribution in [-0.2, 0) is 9.84 Å². The number of nitrogens with two attached hydrogens (primary N) is 1. The van der Waals surface area contributed by atoms with Crippen molar-refractivity contribution in [3.05, 3.63) is 28.7 Å². The maximum Gasteiger partial charge on any atom is 0.203 e. The van der Waals surface area contributed by atoms with Gasteiger partial charge in [-0.25, -0.2) is 8.42 Å². The summed E-state index contributed by atoms with van der Waals surface area (Å²) in [4.78, 5) is 0.451. The first-order valence-electron chi connectivity index (χ1n) is 4.55. The van der Waals surface area contributed by atoms with Gasteiger partial charge in [-0.15, -0.1) is 0 Å². The highest BCUT2D eigenvalue weighted by Gasteiger charge is 2.30. The van der Waals surface area contributed by atoms with Gasteiger partial charge < -0.3 is 10.8 Å². The Morgan fingerprint density at radius 3 is 2.67 bits per heavy atom. The van der Waals surface area contributed by atoms with Gasteiger partial charge in [0.25, 0.3) is 0 Å². The Labute approximate surface area is 88.0 Å². The van der Waals surface area contributed by atoms with Crippen molar-refractivity contribution in [2.45, 2.75) is 11.3 Å². The van der Waals surface area contributed by atoms with Crippen molar-refractivity contribution in [2.75, 3.05) is 6.54 Å². The fraction of sp³-hybridized carbons (Fsp3) is 0.200. The van der Waals surface area contributed by atoms with E-state index in [2.05, 4.69) is 0 Å². The Morgan fingerprint density at radius 2 is 2.07 bits per heavy atom. The minimum atomic E-state index is -3.41. The third-order valence-corrected chi connectivity index (χ3v) is 4.32. The first-order valence-corrected chi connectivity index (χ1v) is 6.03. The summed E-state index contributed by atoms with van der Waals surface area (Å²) in [5, 5.41) is 9.51. The molecule has 1 aromatic rings. The minimum absolute atomic E-state index is 0.0110. The molecule has 0 radical (unpaired) electrons. The molecular weight excluding hydrogens is 214 g/mol. The molecule has 0 spiro atoms. The summed E-state index contributed by atoms with van der Waals surface area (Å²) in [6.07, 6.45) is 1.79. The van der Waals surface area contributed by atoms with Crippen LogP contribution in [0.4, 0.5) is 0 Å². The van der Waals surface area contributed by atoms with E-state index in [0.717, 1.165) is 0 Å². The van der Waals surface area contributed by atoms with Gasteiger partial charge in [0.15, 0.2) is 0 Å². The highest BCUT2D eigenvalue weighted by Crippen LogP contribution is 2.38. The summed E-state index contributed by atoms with van der Waals surface area (Å²) in [6.45, 7) is 0.278. The summed E-state index contributed by atoms with van der Waals surface area (Å²) in [7, 11) is -3.41. The lowest BCUT2D eigenvalue weighted by Gasteiger charge is -2.02. The van der Waals surface area contributed by atoms with Gasteiger partial charge >= 0.3 is 0 Å². The van der Waals surface area contributed by atoms with Crippen LogP contribution in [0.2, 0.25) is 0 Å². The van der Waals surface area contributed by atoms with E-state index in [9.17, 15) is 13.5 Å². The monoisotopic (exact) mass is 225 g/mol. The molecule has 0 atom stereocenters. The third kappa shape index (κ3) is 1.44. The first-order chi connectivity index (χ1) is 7.07. The highest BCUT2D eigenvalue weighted by atomic mass is 32.2. The Hall–Kier alpha value is -1.33. The topological polar surface area (TPSA) is 80.4 Å². The van der Waals surface area contributed by atoms with E-state index in [1.165, 1.54) is 24.3 Å². The molecule has 0 saturated carbocycles. The van der Waals surface area contributed by atoms with Crippen LogP contribution >= 0.6 is 0 Å². The average molecular weight is 225 g/mol. The predicted molar refractivity (Wildman–Crippen MR) is 56.9 cm³/mol. The Balaban J connectivity index is 2.64. The molecule has 3 N–H and O–H groups in total. The van der Waals surface area contributed by atoms with Crippen LogP contribution in [0, 0.1) is 0 Å². The van der Waals surface area contributed by atoms with Gasteiger partial charge in [-0.05, 0) is 31.2 Å². The van der Waals surface area contributed by atoms with Crippen molar-refractivity contribution in [3.63, 3.8) is 0 Å². The first kappa shape index (κ1) is 10.2. The van der Waals surface area contributed by atoms with Gasteiger partial charge in [-0.2, -0.15) is 0 Å². The van der Waals surface area contributed by atoms with Crippen LogP contribution in [0.3, 0.4) is 0 Å². The van der Waals surface area contributed by atoms with Crippen LogP contribution in [0.25, 0.3) is 6.08 Å². The Bertz CT molecular complexity index is 532. The summed E-state index contributed by atoms with van der Waals surface area (Å²) in [6, 6.07) is 4.48. The fourth-order valence-electron chi connectivity index (χ4n) is 1.64. The zero-order valence-electron chi connectivity index (χ0n) is 7.97. The second-order valence-corrected chi connectivity index (χ2v) is 5.31. The van der Waals surface area contributed by atoms with Crippen molar-refractivity contribution >= 4 is 15.9 Å². The van der Waals surface area contributed by atoms with Gasteiger partial charge in [0.1, 0.15) is 5.75 Å². The summed E-state index contributed by atoms with van der Waals surface area (Å²) in [5.74, 6) is -0.0110. The molecule has 1 aliphatic heterocycles. The number of benzene rings is 1. The number of sulfone groups is 1. The van der Waals surface area contributed by atoms with E-state index in [0.29, 0.717) is 12.0 Å². The van der Waals surface area contributed by atoms with E-state index in [-0.39, 0.29) is 22.1 Å². The molecule has 0 saturated heterocycles. The average Bonchev–Trinajstić information content (AvgIpc) is 2.43. The third-order valence-electron chi connectivity index (χ3n) is 2.37. The molecule has 0 amide bonds. The van der Waals surface area contributed by atoms with Crippen molar-refractivity contribution < 1.29 is 13.5 Å². The van der Waals surface area contributed by atoms with E-state index < -0.39 is 9.84 Å². The zero-order chi connectivity index (χ0) is 11.1. The number of rotatable bonds is 2. The van der Waals surface area contributed by atoms with Crippen molar-refractivity contribution in [3.8, 4) is 5.75 Å². The maximum atomic E-state index is 11.9. The molecule has 0 aromatic heterocycles. The summed E-state index contributed by atoms with van der Waals surface area (Å²) in [5.41, 5.74) is 5.71. The smallest absolute Gasteiger partial charge is 0.203 e. The number of hydrogen-bond acceptors (Lipinski definition) is 4. The molecule has 0 bridgehead atoms. The van der Waals surface area contributed by atoms with Gasteiger partial charge in [-0.1, -0.05) is 6.07 Å². The normalized spacial score (nSPS) is 17.3. The molecule has 1 aromatic carbocycles. The van der Waals surface area contributed by atoms with Crippen molar-refractivity contribution in [1.29, 1.82) is 0 Å². The minimum Gasteiger partial charge on any atom is -0.507 e. The van der Waals surface area contributed by atoms with E-state index in [1.54, 1.807) is 0 Å². The lowest BCUT2D eigenvalue weighted by Crippen LogP contribution is -2.06. The number of aromatic hydroxyl groups is 1. The second-order valence-electron chi connectivity index (χ2n) is 3.34. The quantitative estimate of drug-likeness (QED) is 0.782. The number of hydrogen-bond donors (Lipinski definition) is 2. The maximum absolute atomic E-state index is 11.9. The fourth-order valence-corrected chi connectivity index (χ4v) is 3.29. The highest BCUT2D eigenvalue weighted by molar-refractivity contribution is 7.95. The predicted octanol–water partition coefficient (Wildman–Crippen LogP) is 0.869. The molecule has 2 rings (SSSR count). The molecular formula is C10H11NO3S. The van der Waals surface area contributed by atoms with E-state index >= 15 is 0 Å². The van der Waals surface area contributed by atoms with Crippen LogP contribution < -0.4 is 5.73 Å². The van der Waals surface area contributed by atoms with Gasteiger partial charge in [0, 0.05) is 5.56 Å². The molecule has 15 heavy (non-hydrogen) atoms. The van der Waals surface area contributed by atoms with Crippen molar-refractivity contribution in [2.24, 2.45) is 5.73 Å². The van der Waals surface area contributed by atoms with E-state index in [4.69, 9.17) is 5.73 Å². The molecule has 5 heteroatoms. The molecule has 1 aliphatic rings. The molecule has 80 valence electrons. The Kier molecular flexibility index (Phi) is 2.28. The van der Waals surface area contributed by atoms with Crippen molar-refractivity contribution in [1.82, 2.24) is 0 Å². The van der Waals surface area contributed by atoms with E-state index in [1.807, 2.05) is 0 Å². The van der Waals surface area contributed by atoms with Crippen LogP contribution in [0.15, 0.2) is 28.0 Å². The number of phenolic OH excluding ortho intramolecular Hbond substituents is 1. The van der Waals surface area contributed by atoms with Gasteiger partial charge in [0.2, 0.25) is 9.84 Å². The van der Waals surface area contributed by atoms with Crippen LogP contribution in [-0.4, -0.2) is 20.1 Å². The molecule has 4 nitrogen and oxygen atoms in total. The van der Waals surface area contributed by atoms with Gasteiger partial charge in [0.05, 0.1) is 9.80 Å². The molecule has 0 fully saturated rings. The largest absolute Gasteiger partial charge is 0.507 e. The number of phenols is 1. The molecule has 0 aliphatic carbocycles. The van der Waals surface area contributed by atoms with Crippen LogP contribution in [0.5, 0.6) is 5.75 Å². The Morgan fingerprint density at radius 1 is 1.33 bits per heavy atom. The van der Waals surface area contributed by atoms with Gasteiger partial charge in [-0.3, -0.25) is 0 Å². The lowest BCUT2D eigenvalue weighted by molar-refractivity contribution is 0.472. The summed E-state index contributed by atoms with van der Waals surface area (Å²) >= 11 is 0. The SMILES string of the molecule is NCCC1=Cc2c(O)cccc2S1(=O)=O.